The minimum atomic E-state index is -0.336. The SMILES string of the molecule is Cc1cc(NC[C@H]2C[C@H](c3nc(C)no3)C[C@H]2O)ccn1. The Kier molecular flexibility index (Phi) is 3.88. The van der Waals surface area contributed by atoms with E-state index in [0.717, 1.165) is 24.3 Å². The van der Waals surface area contributed by atoms with Gasteiger partial charge in [-0.25, -0.2) is 0 Å². The molecule has 0 bridgehead atoms. The Hall–Kier alpha value is -1.95. The van der Waals surface area contributed by atoms with Gasteiger partial charge >= 0.3 is 0 Å². The molecule has 3 rings (SSSR count). The van der Waals surface area contributed by atoms with Crippen LogP contribution >= 0.6 is 0 Å². The fourth-order valence-electron chi connectivity index (χ4n) is 2.91. The molecule has 2 N–H and O–H groups in total. The molecule has 0 amide bonds. The molecule has 0 radical (unpaired) electrons. The first-order valence-electron chi connectivity index (χ1n) is 7.26. The maximum Gasteiger partial charge on any atom is 0.229 e. The molecule has 0 unspecified atom stereocenters. The van der Waals surface area contributed by atoms with Gasteiger partial charge in [-0.15, -0.1) is 0 Å². The fraction of sp³-hybridized carbons (Fsp3) is 0.533. The summed E-state index contributed by atoms with van der Waals surface area (Å²) in [7, 11) is 0. The summed E-state index contributed by atoms with van der Waals surface area (Å²) in [6, 6.07) is 3.94. The molecule has 0 spiro atoms. The Labute approximate surface area is 123 Å². The third-order valence-corrected chi connectivity index (χ3v) is 4.01. The van der Waals surface area contributed by atoms with Crippen molar-refractivity contribution in [2.45, 2.75) is 38.7 Å². The Morgan fingerprint density at radius 2 is 2.24 bits per heavy atom. The first kappa shape index (κ1) is 14.0. The minimum Gasteiger partial charge on any atom is -0.393 e. The average molecular weight is 288 g/mol. The summed E-state index contributed by atoms with van der Waals surface area (Å²) in [6.45, 7) is 4.50. The van der Waals surface area contributed by atoms with E-state index in [4.69, 9.17) is 4.52 Å². The van der Waals surface area contributed by atoms with Gasteiger partial charge in [-0.2, -0.15) is 4.98 Å². The molecule has 1 saturated carbocycles. The van der Waals surface area contributed by atoms with Crippen molar-refractivity contribution in [1.29, 1.82) is 0 Å². The predicted molar refractivity (Wildman–Crippen MR) is 78.0 cm³/mol. The third-order valence-electron chi connectivity index (χ3n) is 4.01. The highest BCUT2D eigenvalue weighted by Crippen LogP contribution is 2.37. The lowest BCUT2D eigenvalue weighted by molar-refractivity contribution is 0.137. The van der Waals surface area contributed by atoms with Crippen molar-refractivity contribution in [2.24, 2.45) is 5.92 Å². The number of nitrogens with one attached hydrogen (secondary N) is 1. The van der Waals surface area contributed by atoms with Crippen molar-refractivity contribution in [2.75, 3.05) is 11.9 Å². The molecule has 1 fully saturated rings. The zero-order valence-electron chi connectivity index (χ0n) is 12.3. The van der Waals surface area contributed by atoms with E-state index in [2.05, 4.69) is 20.4 Å². The zero-order valence-corrected chi connectivity index (χ0v) is 12.3. The summed E-state index contributed by atoms with van der Waals surface area (Å²) in [5.41, 5.74) is 2.01. The molecule has 2 aromatic heterocycles. The lowest BCUT2D eigenvalue weighted by Crippen LogP contribution is -2.21. The zero-order chi connectivity index (χ0) is 14.8. The average Bonchev–Trinajstić information content (AvgIpc) is 3.03. The van der Waals surface area contributed by atoms with Crippen molar-refractivity contribution >= 4 is 5.69 Å². The number of nitrogens with zero attached hydrogens (tertiary/aromatic N) is 3. The number of aromatic nitrogens is 3. The van der Waals surface area contributed by atoms with Crippen LogP contribution in [0.1, 0.15) is 36.2 Å². The van der Waals surface area contributed by atoms with E-state index in [9.17, 15) is 5.11 Å². The molecule has 0 saturated heterocycles. The predicted octanol–water partition coefficient (Wildman–Crippen LogP) is 2.05. The van der Waals surface area contributed by atoms with Crippen molar-refractivity contribution in [1.82, 2.24) is 15.1 Å². The summed E-state index contributed by atoms with van der Waals surface area (Å²) in [4.78, 5) is 8.45. The van der Waals surface area contributed by atoms with Crippen molar-refractivity contribution in [3.8, 4) is 0 Å². The van der Waals surface area contributed by atoms with Gasteiger partial charge < -0.3 is 14.9 Å². The van der Waals surface area contributed by atoms with Crippen LogP contribution in [0, 0.1) is 19.8 Å². The Morgan fingerprint density at radius 3 is 2.95 bits per heavy atom. The van der Waals surface area contributed by atoms with Crippen LogP contribution in [0.25, 0.3) is 0 Å². The molecule has 6 nitrogen and oxygen atoms in total. The first-order valence-corrected chi connectivity index (χ1v) is 7.26. The maximum atomic E-state index is 10.2. The van der Waals surface area contributed by atoms with E-state index < -0.39 is 0 Å². The van der Waals surface area contributed by atoms with Crippen LogP contribution < -0.4 is 5.32 Å². The summed E-state index contributed by atoms with van der Waals surface area (Å²) in [5.74, 6) is 1.64. The van der Waals surface area contributed by atoms with E-state index in [1.54, 1.807) is 6.20 Å². The van der Waals surface area contributed by atoms with Gasteiger partial charge in [-0.1, -0.05) is 5.16 Å². The monoisotopic (exact) mass is 288 g/mol. The highest BCUT2D eigenvalue weighted by Gasteiger charge is 2.36. The van der Waals surface area contributed by atoms with Crippen LogP contribution in [-0.4, -0.2) is 32.9 Å². The molecule has 2 heterocycles. The van der Waals surface area contributed by atoms with Gasteiger partial charge in [-0.05, 0) is 38.8 Å². The normalized spacial score (nSPS) is 25.2. The molecule has 112 valence electrons. The highest BCUT2D eigenvalue weighted by atomic mass is 16.5. The summed E-state index contributed by atoms with van der Waals surface area (Å²) < 4.78 is 5.22. The first-order chi connectivity index (χ1) is 10.1. The van der Waals surface area contributed by atoms with Gasteiger partial charge in [0.2, 0.25) is 5.89 Å². The lowest BCUT2D eigenvalue weighted by Gasteiger charge is -2.15. The molecule has 0 aliphatic heterocycles. The number of hydrogen-bond acceptors (Lipinski definition) is 6. The van der Waals surface area contributed by atoms with Crippen LogP contribution in [0.5, 0.6) is 0 Å². The standard InChI is InChI=1S/C15H20N4O2/c1-9-5-13(3-4-16-9)17-8-12-6-11(7-14(12)20)15-18-10(2)19-21-15/h3-5,11-12,14,20H,6-8H2,1-2H3,(H,16,17)/t11-,12+,14+/m0/s1. The molecule has 0 aromatic carbocycles. The molecule has 1 aliphatic carbocycles. The molecule has 21 heavy (non-hydrogen) atoms. The van der Waals surface area contributed by atoms with Gasteiger partial charge in [0.25, 0.3) is 0 Å². The minimum absolute atomic E-state index is 0.159. The maximum absolute atomic E-state index is 10.2. The number of aliphatic hydroxyl groups excluding tert-OH is 1. The number of anilines is 1. The van der Waals surface area contributed by atoms with Crippen LogP contribution in [0.2, 0.25) is 0 Å². The lowest BCUT2D eigenvalue weighted by atomic mass is 10.0. The van der Waals surface area contributed by atoms with E-state index in [-0.39, 0.29) is 17.9 Å². The quantitative estimate of drug-likeness (QED) is 0.895. The van der Waals surface area contributed by atoms with Gasteiger partial charge in [-0.3, -0.25) is 4.98 Å². The summed E-state index contributed by atoms with van der Waals surface area (Å²) in [5, 5.41) is 17.4. The van der Waals surface area contributed by atoms with Gasteiger partial charge in [0.15, 0.2) is 5.82 Å². The largest absolute Gasteiger partial charge is 0.393 e. The fourth-order valence-corrected chi connectivity index (χ4v) is 2.91. The Morgan fingerprint density at radius 1 is 1.38 bits per heavy atom. The van der Waals surface area contributed by atoms with E-state index >= 15 is 0 Å². The smallest absolute Gasteiger partial charge is 0.229 e. The van der Waals surface area contributed by atoms with Crippen LogP contribution in [-0.2, 0) is 0 Å². The number of aliphatic hydroxyl groups is 1. The number of aryl methyl sites for hydroxylation is 2. The second kappa shape index (κ2) is 5.81. The topological polar surface area (TPSA) is 84.1 Å². The van der Waals surface area contributed by atoms with E-state index in [0.29, 0.717) is 18.1 Å². The molecular weight excluding hydrogens is 268 g/mol. The van der Waals surface area contributed by atoms with Gasteiger partial charge in [0, 0.05) is 36.0 Å². The van der Waals surface area contributed by atoms with Crippen molar-refractivity contribution in [3.63, 3.8) is 0 Å². The Bertz CT molecular complexity index is 613. The van der Waals surface area contributed by atoms with Crippen LogP contribution in [0.3, 0.4) is 0 Å². The molecule has 6 heteroatoms. The van der Waals surface area contributed by atoms with Crippen LogP contribution in [0.4, 0.5) is 5.69 Å². The van der Waals surface area contributed by atoms with Gasteiger partial charge in [0.1, 0.15) is 0 Å². The second-order valence-electron chi connectivity index (χ2n) is 5.74. The molecule has 1 aliphatic rings. The number of pyridine rings is 1. The summed E-state index contributed by atoms with van der Waals surface area (Å²) >= 11 is 0. The van der Waals surface area contributed by atoms with E-state index in [1.165, 1.54) is 0 Å². The van der Waals surface area contributed by atoms with E-state index in [1.807, 2.05) is 26.0 Å². The number of hydrogen-bond donors (Lipinski definition) is 2. The summed E-state index contributed by atoms with van der Waals surface area (Å²) in [6.07, 6.45) is 2.99. The molecule has 2 aromatic rings. The second-order valence-corrected chi connectivity index (χ2v) is 5.74. The molecule has 3 atom stereocenters. The van der Waals surface area contributed by atoms with Crippen LogP contribution in [0.15, 0.2) is 22.9 Å². The van der Waals surface area contributed by atoms with Gasteiger partial charge in [0.05, 0.1) is 6.10 Å². The third kappa shape index (κ3) is 3.21. The molecular formula is C15H20N4O2. The highest BCUT2D eigenvalue weighted by molar-refractivity contribution is 5.43. The number of rotatable bonds is 4. The Balaban J connectivity index is 1.59. The van der Waals surface area contributed by atoms with Crippen molar-refractivity contribution < 1.29 is 9.63 Å². The van der Waals surface area contributed by atoms with Crippen molar-refractivity contribution in [3.05, 3.63) is 35.7 Å².